The van der Waals surface area contributed by atoms with Gasteiger partial charge in [0.15, 0.2) is 0 Å². The van der Waals surface area contributed by atoms with Crippen LogP contribution < -0.4 is 51.1 Å². The van der Waals surface area contributed by atoms with Gasteiger partial charge in [0.2, 0.25) is 0 Å². The number of hydrogen-bond donors (Lipinski definition) is 0. The van der Waals surface area contributed by atoms with E-state index in [9.17, 15) is 183 Å². The third-order valence-corrected chi connectivity index (χ3v) is 6.83. The van der Waals surface area contributed by atoms with Crippen molar-refractivity contribution in [1.82, 2.24) is 0 Å². The Morgan fingerprint density at radius 1 is 0.131 bits per heavy atom. The molecule has 0 aromatic carbocycles. The molecule has 0 rings (SSSR count). The monoisotopic (exact) mass is 1730 g/mol. The molecule has 0 saturated heterocycles. The molecule has 0 amide bonds. The number of alkyl halides is 30. The van der Waals surface area contributed by atoms with Gasteiger partial charge < -0.3 is 51.1 Å². The topological polar surface area (TPSA) is 231 Å². The Bertz CT molecular complexity index is 1080. The van der Waals surface area contributed by atoms with E-state index in [0.29, 0.717) is 138 Å². The van der Waals surface area contributed by atoms with Crippen molar-refractivity contribution in [3.8, 4) is 0 Å². The van der Waals surface area contributed by atoms with E-state index in [1.165, 1.54) is 0 Å². The van der Waals surface area contributed by atoms with Gasteiger partial charge in [-0.05, 0) is 56.0 Å². The molecule has 10 nitrogen and oxygen atoms in total. The molecule has 0 aromatic rings. The quantitative estimate of drug-likeness (QED) is 0.282. The third kappa shape index (κ3) is 67.4. The molecule has 0 heterocycles. The van der Waals surface area contributed by atoms with Gasteiger partial charge in [-0.3, -0.25) is 0 Å². The van der Waals surface area contributed by atoms with E-state index in [0.717, 1.165) is 0 Å². The van der Waals surface area contributed by atoms with E-state index < -0.39 is 118 Å². The van der Waals surface area contributed by atoms with Crippen molar-refractivity contribution in [1.29, 1.82) is 0 Å². The summed E-state index contributed by atoms with van der Waals surface area (Å²) < 4.78 is 338. The Balaban J connectivity index is -0.0000000537. The summed E-state index contributed by atoms with van der Waals surface area (Å²) in [5.74, 6) is 0. The predicted octanol–water partition coefficient (Wildman–Crippen LogP) is 5.35. The maximum absolute atomic E-state index is 11.2. The summed E-state index contributed by atoms with van der Waals surface area (Å²) in [6.07, 6.45) is -46.2. The minimum absolute atomic E-state index is 0. The molecule has 0 aromatic heterocycles. The van der Waals surface area contributed by atoms with E-state index >= 15 is 0 Å². The SMILES string of the molecule is CC(C)([O-])C(F)(F)F.CC(C)([O-])C(F)(F)F.CC(C)([O-])C(F)(F)F.CC(C)([O-])C(F)(F)F.CC(C)([O-])C(F)(F)F.CC(C)([O-])C(F)(F)F.CC(C)([O-])C(F)(F)F.CC(C)([O-])C(F)(F)F.CC(C)([O-])C(F)(F)F.CC(C)([O-])C(F)(F)F.[In+3].[In+3].[In].[In]. The molecule has 0 aliphatic heterocycles. The molecule has 0 atom stereocenters. The van der Waals surface area contributed by atoms with Gasteiger partial charge >= 0.3 is 113 Å². The molecule has 0 spiro atoms. The van der Waals surface area contributed by atoms with Crippen LogP contribution in [-0.4, -0.2) is 221 Å². The van der Waals surface area contributed by atoms with Crippen LogP contribution >= 0.6 is 0 Å². The Morgan fingerprint density at radius 2 is 0.143 bits per heavy atom. The van der Waals surface area contributed by atoms with Crippen molar-refractivity contribution >= 4 is 103 Å². The first kappa shape index (κ1) is 119. The Hall–Kier alpha value is 0.981. The standard InChI is InChI=1S/10C4H6F3O.4In/c10*1-3(2,8)4(5,6)7;;;;/h10*1-2H3;;;;/q10*-1;;;2*+3. The molecular weight excluding hydrogens is 1670 g/mol. The van der Waals surface area contributed by atoms with E-state index in [-0.39, 0.29) is 103 Å². The summed E-state index contributed by atoms with van der Waals surface area (Å²) in [5, 5.41) is 100. The van der Waals surface area contributed by atoms with Crippen LogP contribution in [0, 0.1) is 0 Å². The van der Waals surface area contributed by atoms with Crippen LogP contribution in [0.2, 0.25) is 0 Å². The average Bonchev–Trinajstić information content (AvgIpc) is 2.98. The summed E-state index contributed by atoms with van der Waals surface area (Å²) in [6.45, 7) is 11.8. The van der Waals surface area contributed by atoms with Crippen LogP contribution in [0.3, 0.4) is 0 Å². The molecule has 0 aliphatic carbocycles. The van der Waals surface area contributed by atoms with E-state index in [4.69, 9.17) is 0 Å². The molecule has 0 bridgehead atoms. The van der Waals surface area contributed by atoms with Crippen molar-refractivity contribution in [2.45, 2.75) is 256 Å². The van der Waals surface area contributed by atoms with Crippen LogP contribution in [0.5, 0.6) is 0 Å². The number of halogens is 30. The molecule has 0 unspecified atom stereocenters. The number of rotatable bonds is 0. The maximum Gasteiger partial charge on any atom is 3.00 e. The summed E-state index contributed by atoms with van der Waals surface area (Å²) >= 11 is 0. The maximum atomic E-state index is 11.2. The van der Waals surface area contributed by atoms with Crippen molar-refractivity contribution < 1.29 is 183 Å². The Kier molecular flexibility index (Phi) is 56.0. The van der Waals surface area contributed by atoms with Crippen molar-refractivity contribution in [3.05, 3.63) is 0 Å². The van der Waals surface area contributed by atoms with Gasteiger partial charge in [0.1, 0.15) is 0 Å². The van der Waals surface area contributed by atoms with Gasteiger partial charge in [-0.1, -0.05) is 138 Å². The minimum atomic E-state index is -4.62. The van der Waals surface area contributed by atoms with E-state index in [1.807, 2.05) is 0 Å². The number of hydrogen-bond acceptors (Lipinski definition) is 10. The zero-order valence-corrected chi connectivity index (χ0v) is 60.9. The molecular formula is C40H60F30In4O10-4. The Labute approximate surface area is 539 Å². The minimum Gasteiger partial charge on any atom is -0.843 e. The van der Waals surface area contributed by atoms with Gasteiger partial charge in [-0.2, -0.15) is 132 Å². The molecule has 0 aliphatic rings. The van der Waals surface area contributed by atoms with Gasteiger partial charge in [0, 0.05) is 51.7 Å². The fourth-order valence-corrected chi connectivity index (χ4v) is 0. The molecule has 84 heavy (non-hydrogen) atoms. The summed E-state index contributed by atoms with van der Waals surface area (Å²) in [5.41, 5.74) is -28.1. The first-order chi connectivity index (χ1) is 32.5. The second kappa shape index (κ2) is 39.5. The summed E-state index contributed by atoms with van der Waals surface area (Å²) in [4.78, 5) is 0. The van der Waals surface area contributed by atoms with Gasteiger partial charge in [0.25, 0.3) is 0 Å². The Morgan fingerprint density at radius 3 is 0.143 bits per heavy atom. The second-order valence-corrected chi connectivity index (χ2v) is 20.1. The zero-order chi connectivity index (χ0) is 70.0. The van der Waals surface area contributed by atoms with Crippen molar-refractivity contribution in [2.24, 2.45) is 0 Å². The fourth-order valence-electron chi connectivity index (χ4n) is 0. The normalized spacial score (nSPS) is 13.6. The van der Waals surface area contributed by atoms with Crippen LogP contribution in [0.1, 0.15) is 138 Å². The second-order valence-electron chi connectivity index (χ2n) is 20.1. The van der Waals surface area contributed by atoms with Crippen LogP contribution in [-0.2, 0) is 0 Å². The molecule has 0 saturated carbocycles. The average molecular weight is 1730 g/mol. The smallest absolute Gasteiger partial charge is 0.843 e. The fraction of sp³-hybridized carbons (Fsp3) is 1.00. The zero-order valence-electron chi connectivity index (χ0n) is 47.7. The molecule has 6 radical (unpaired) electrons. The van der Waals surface area contributed by atoms with Gasteiger partial charge in [-0.25, -0.2) is 0 Å². The molecule has 506 valence electrons. The van der Waals surface area contributed by atoms with Crippen LogP contribution in [0.15, 0.2) is 0 Å². The van der Waals surface area contributed by atoms with E-state index in [1.54, 1.807) is 0 Å². The molecule has 44 heteroatoms. The van der Waals surface area contributed by atoms with Crippen molar-refractivity contribution in [2.75, 3.05) is 0 Å². The molecule has 0 N–H and O–H groups in total. The summed E-state index contributed by atoms with van der Waals surface area (Å²) in [6, 6.07) is 0. The largest absolute Gasteiger partial charge is 3.00 e. The van der Waals surface area contributed by atoms with Crippen LogP contribution in [0.4, 0.5) is 132 Å². The predicted molar refractivity (Wildman–Crippen MR) is 224 cm³/mol. The van der Waals surface area contributed by atoms with Crippen LogP contribution in [0.25, 0.3) is 0 Å². The van der Waals surface area contributed by atoms with Gasteiger partial charge in [0.05, 0.1) is 0 Å². The first-order valence-electron chi connectivity index (χ1n) is 20.2. The third-order valence-electron chi connectivity index (χ3n) is 6.83. The van der Waals surface area contributed by atoms with E-state index in [2.05, 4.69) is 0 Å². The first-order valence-corrected chi connectivity index (χ1v) is 20.2. The summed E-state index contributed by atoms with van der Waals surface area (Å²) in [7, 11) is 0. The van der Waals surface area contributed by atoms with Crippen molar-refractivity contribution in [3.63, 3.8) is 0 Å². The molecule has 0 fully saturated rings. The van der Waals surface area contributed by atoms with Gasteiger partial charge in [-0.15, -0.1) is 0 Å².